The third-order valence-electron chi connectivity index (χ3n) is 2.03. The maximum Gasteiger partial charge on any atom is 0.321 e. The molecule has 1 heterocycles. The molecule has 0 unspecified atom stereocenters. The number of hydrogen-bond donors (Lipinski definition) is 0. The highest BCUT2D eigenvalue weighted by molar-refractivity contribution is 9.08. The predicted molar refractivity (Wildman–Crippen MR) is 65.9 cm³/mol. The largest absolute Gasteiger partial charge is 0.424 e. The number of ether oxygens (including phenoxy) is 1. The summed E-state index contributed by atoms with van der Waals surface area (Å²) in [5.74, 6) is 0.607. The third-order valence-corrected chi connectivity index (χ3v) is 2.68. The second kappa shape index (κ2) is 5.41. The first kappa shape index (κ1) is 11.6. The molecular weight excluding hydrogens is 282 g/mol. The van der Waals surface area contributed by atoms with E-state index in [0.29, 0.717) is 22.7 Å². The Morgan fingerprint density at radius 2 is 1.82 bits per heavy atom. The van der Waals surface area contributed by atoms with Crippen molar-refractivity contribution in [2.75, 3.05) is 0 Å². The summed E-state index contributed by atoms with van der Waals surface area (Å²) in [6.45, 7) is 0. The summed E-state index contributed by atoms with van der Waals surface area (Å²) in [6, 6.07) is 9.11. The molecule has 17 heavy (non-hydrogen) atoms. The fraction of sp³-hybridized carbons (Fsp3) is 0.0833. The molecule has 0 N–H and O–H groups in total. The lowest BCUT2D eigenvalue weighted by atomic mass is 10.2. The van der Waals surface area contributed by atoms with E-state index < -0.39 is 0 Å². The summed E-state index contributed by atoms with van der Waals surface area (Å²) in [4.78, 5) is 8.12. The zero-order valence-electron chi connectivity index (χ0n) is 8.80. The fourth-order valence-electron chi connectivity index (χ4n) is 1.17. The zero-order chi connectivity index (χ0) is 12.1. The molecule has 0 aliphatic rings. The zero-order valence-corrected chi connectivity index (χ0v) is 10.4. The highest BCUT2D eigenvalue weighted by atomic mass is 79.9. The summed E-state index contributed by atoms with van der Waals surface area (Å²) in [7, 11) is 0. The van der Waals surface area contributed by atoms with E-state index in [1.54, 1.807) is 36.7 Å². The average molecular weight is 290 g/mol. The Labute approximate surface area is 107 Å². The van der Waals surface area contributed by atoms with Crippen LogP contribution in [0.2, 0.25) is 0 Å². The first-order valence-electron chi connectivity index (χ1n) is 4.86. The molecule has 2 rings (SSSR count). The van der Waals surface area contributed by atoms with E-state index in [1.807, 2.05) is 6.07 Å². The Morgan fingerprint density at radius 3 is 2.35 bits per heavy atom. The fourth-order valence-corrected chi connectivity index (χ4v) is 1.46. The van der Waals surface area contributed by atoms with Crippen molar-refractivity contribution in [1.82, 2.24) is 9.97 Å². The Balaban J connectivity index is 2.11. The van der Waals surface area contributed by atoms with Crippen LogP contribution in [0, 0.1) is 11.3 Å². The molecule has 0 spiro atoms. The molecule has 4 nitrogen and oxygen atoms in total. The van der Waals surface area contributed by atoms with Crippen molar-refractivity contribution < 1.29 is 4.74 Å². The number of halogens is 1. The van der Waals surface area contributed by atoms with Crippen LogP contribution >= 0.6 is 15.9 Å². The Morgan fingerprint density at radius 1 is 1.18 bits per heavy atom. The second-order valence-electron chi connectivity index (χ2n) is 3.25. The van der Waals surface area contributed by atoms with Crippen LogP contribution in [-0.2, 0) is 5.33 Å². The minimum atomic E-state index is 0.291. The molecule has 2 aromatic rings. The highest BCUT2D eigenvalue weighted by Gasteiger charge is 2.00. The lowest BCUT2D eigenvalue weighted by molar-refractivity contribution is 0.441. The number of nitrogens with zero attached hydrogens (tertiary/aromatic N) is 3. The SMILES string of the molecule is N#Cc1ccc(Oc2ncc(CBr)cn2)cc1. The van der Waals surface area contributed by atoms with Crippen LogP contribution in [-0.4, -0.2) is 9.97 Å². The van der Waals surface area contributed by atoms with E-state index in [9.17, 15) is 0 Å². The molecule has 1 aromatic heterocycles. The number of aromatic nitrogens is 2. The smallest absolute Gasteiger partial charge is 0.321 e. The minimum absolute atomic E-state index is 0.291. The molecule has 0 fully saturated rings. The van der Waals surface area contributed by atoms with Crippen molar-refractivity contribution >= 4 is 15.9 Å². The van der Waals surface area contributed by atoms with Gasteiger partial charge in [-0.05, 0) is 29.8 Å². The summed E-state index contributed by atoms with van der Waals surface area (Å²) >= 11 is 3.31. The lowest BCUT2D eigenvalue weighted by Gasteiger charge is -2.03. The van der Waals surface area contributed by atoms with Gasteiger partial charge in [0.2, 0.25) is 0 Å². The van der Waals surface area contributed by atoms with Crippen LogP contribution in [0.1, 0.15) is 11.1 Å². The first-order valence-corrected chi connectivity index (χ1v) is 5.99. The van der Waals surface area contributed by atoms with E-state index in [1.165, 1.54) is 0 Å². The molecule has 0 amide bonds. The van der Waals surface area contributed by atoms with Crippen molar-refractivity contribution in [2.45, 2.75) is 5.33 Å². The number of benzene rings is 1. The van der Waals surface area contributed by atoms with Gasteiger partial charge in [-0.25, -0.2) is 9.97 Å². The molecule has 0 bridgehead atoms. The molecular formula is C12H8BrN3O. The van der Waals surface area contributed by atoms with Crippen LogP contribution in [0.4, 0.5) is 0 Å². The number of alkyl halides is 1. The average Bonchev–Trinajstić information content (AvgIpc) is 2.40. The normalized spacial score (nSPS) is 9.65. The number of nitriles is 1. The van der Waals surface area contributed by atoms with Crippen molar-refractivity contribution in [3.63, 3.8) is 0 Å². The summed E-state index contributed by atoms with van der Waals surface area (Å²) < 4.78 is 5.43. The molecule has 0 saturated heterocycles. The Bertz CT molecular complexity index is 531. The second-order valence-corrected chi connectivity index (χ2v) is 3.81. The van der Waals surface area contributed by atoms with Gasteiger partial charge in [0.25, 0.3) is 0 Å². The van der Waals surface area contributed by atoms with Gasteiger partial charge in [-0.3, -0.25) is 0 Å². The van der Waals surface area contributed by atoms with Gasteiger partial charge in [-0.2, -0.15) is 5.26 Å². The van der Waals surface area contributed by atoms with E-state index in [2.05, 4.69) is 25.9 Å². The molecule has 84 valence electrons. The van der Waals surface area contributed by atoms with Gasteiger partial charge < -0.3 is 4.74 Å². The Hall–Kier alpha value is -1.93. The molecule has 5 heteroatoms. The van der Waals surface area contributed by atoms with Gasteiger partial charge in [-0.15, -0.1) is 0 Å². The van der Waals surface area contributed by atoms with Crippen molar-refractivity contribution in [1.29, 1.82) is 5.26 Å². The van der Waals surface area contributed by atoms with E-state index in [4.69, 9.17) is 10.00 Å². The van der Waals surface area contributed by atoms with Crippen LogP contribution in [0.15, 0.2) is 36.7 Å². The van der Waals surface area contributed by atoms with Gasteiger partial charge in [-0.1, -0.05) is 15.9 Å². The quantitative estimate of drug-likeness (QED) is 0.815. The van der Waals surface area contributed by atoms with Gasteiger partial charge in [0.1, 0.15) is 5.75 Å². The molecule has 0 radical (unpaired) electrons. The first-order chi connectivity index (χ1) is 8.31. The van der Waals surface area contributed by atoms with E-state index >= 15 is 0 Å². The van der Waals surface area contributed by atoms with Gasteiger partial charge in [0.15, 0.2) is 0 Å². The van der Waals surface area contributed by atoms with E-state index in [0.717, 1.165) is 5.56 Å². The summed E-state index contributed by atoms with van der Waals surface area (Å²) in [5, 5.41) is 9.37. The molecule has 1 aromatic carbocycles. The predicted octanol–water partition coefficient (Wildman–Crippen LogP) is 3.04. The van der Waals surface area contributed by atoms with E-state index in [-0.39, 0.29) is 0 Å². The van der Waals surface area contributed by atoms with Gasteiger partial charge >= 0.3 is 6.01 Å². The summed E-state index contributed by atoms with van der Waals surface area (Å²) in [5.41, 5.74) is 1.57. The van der Waals surface area contributed by atoms with Gasteiger partial charge in [0, 0.05) is 17.7 Å². The molecule has 0 aliphatic heterocycles. The molecule has 0 atom stereocenters. The Kier molecular flexibility index (Phi) is 3.68. The maximum atomic E-state index is 8.66. The van der Waals surface area contributed by atoms with Crippen molar-refractivity contribution in [2.24, 2.45) is 0 Å². The lowest BCUT2D eigenvalue weighted by Crippen LogP contribution is -1.92. The van der Waals surface area contributed by atoms with Crippen LogP contribution < -0.4 is 4.74 Å². The minimum Gasteiger partial charge on any atom is -0.424 e. The number of rotatable bonds is 3. The monoisotopic (exact) mass is 289 g/mol. The number of hydrogen-bond acceptors (Lipinski definition) is 4. The molecule has 0 saturated carbocycles. The maximum absolute atomic E-state index is 8.66. The third kappa shape index (κ3) is 3.02. The topological polar surface area (TPSA) is 58.8 Å². The highest BCUT2D eigenvalue weighted by Crippen LogP contribution is 2.17. The van der Waals surface area contributed by atoms with Crippen LogP contribution in [0.3, 0.4) is 0 Å². The standard InChI is InChI=1S/C12H8BrN3O/c13-5-10-7-15-12(16-8-10)17-11-3-1-9(6-14)2-4-11/h1-4,7-8H,5H2. The van der Waals surface area contributed by atoms with Crippen molar-refractivity contribution in [3.8, 4) is 17.8 Å². The van der Waals surface area contributed by atoms with Crippen LogP contribution in [0.5, 0.6) is 11.8 Å². The van der Waals surface area contributed by atoms with Crippen molar-refractivity contribution in [3.05, 3.63) is 47.8 Å². The molecule has 0 aliphatic carbocycles. The van der Waals surface area contributed by atoms with Crippen LogP contribution in [0.25, 0.3) is 0 Å². The van der Waals surface area contributed by atoms with Gasteiger partial charge in [0.05, 0.1) is 11.6 Å². The summed E-state index contributed by atoms with van der Waals surface area (Å²) in [6.07, 6.45) is 3.39.